The minimum Gasteiger partial charge on any atom is -0.459 e. The number of epoxide rings is 1. The maximum atomic E-state index is 12.0. The third-order valence-electron chi connectivity index (χ3n) is 1.86. The number of hydrogen-bond donors (Lipinski definition) is 0. The van der Waals surface area contributed by atoms with Gasteiger partial charge in [-0.25, -0.2) is 4.79 Å². The van der Waals surface area contributed by atoms with Crippen molar-refractivity contribution in [1.29, 1.82) is 0 Å². The lowest BCUT2D eigenvalue weighted by Gasteiger charge is -2.13. The van der Waals surface area contributed by atoms with Crippen LogP contribution in [0.2, 0.25) is 0 Å². The molecule has 86 valence electrons. The van der Waals surface area contributed by atoms with Crippen molar-refractivity contribution in [3.05, 3.63) is 12.2 Å². The van der Waals surface area contributed by atoms with Crippen molar-refractivity contribution in [3.63, 3.8) is 0 Å². The Morgan fingerprint density at radius 1 is 1.60 bits per heavy atom. The maximum Gasteiger partial charge on any atom is 0.392 e. The lowest BCUT2D eigenvalue weighted by molar-refractivity contribution is -0.158. The monoisotopic (exact) mass is 224 g/mol. The predicted molar refractivity (Wildman–Crippen MR) is 45.1 cm³/mol. The van der Waals surface area contributed by atoms with E-state index in [9.17, 15) is 18.0 Å². The maximum absolute atomic E-state index is 12.0. The molecule has 1 saturated heterocycles. The highest BCUT2D eigenvalue weighted by Crippen LogP contribution is 2.39. The fourth-order valence-corrected chi connectivity index (χ4v) is 1.09. The summed E-state index contributed by atoms with van der Waals surface area (Å²) in [4.78, 5) is 10.8. The van der Waals surface area contributed by atoms with Gasteiger partial charge < -0.3 is 9.47 Å². The van der Waals surface area contributed by atoms with Crippen LogP contribution in [0.25, 0.3) is 0 Å². The van der Waals surface area contributed by atoms with Gasteiger partial charge in [0.05, 0.1) is 13.0 Å². The summed E-state index contributed by atoms with van der Waals surface area (Å²) < 4.78 is 45.4. The van der Waals surface area contributed by atoms with Crippen LogP contribution in [0.5, 0.6) is 0 Å². The molecule has 15 heavy (non-hydrogen) atoms. The number of alkyl halides is 3. The molecule has 0 saturated carbocycles. The van der Waals surface area contributed by atoms with E-state index in [1.165, 1.54) is 6.08 Å². The van der Waals surface area contributed by atoms with E-state index < -0.39 is 24.2 Å². The molecule has 3 nitrogen and oxygen atoms in total. The fourth-order valence-electron chi connectivity index (χ4n) is 1.09. The van der Waals surface area contributed by atoms with Gasteiger partial charge in [-0.3, -0.25) is 0 Å². The number of esters is 1. The van der Waals surface area contributed by atoms with Gasteiger partial charge in [0.1, 0.15) is 12.2 Å². The second-order valence-corrected chi connectivity index (χ2v) is 3.37. The zero-order valence-corrected chi connectivity index (χ0v) is 8.13. The number of halogens is 3. The zero-order valence-electron chi connectivity index (χ0n) is 8.13. The van der Waals surface area contributed by atoms with Gasteiger partial charge in [0, 0.05) is 6.08 Å². The average molecular weight is 224 g/mol. The molecule has 0 aromatic carbocycles. The normalized spacial score (nSPS) is 25.6. The average Bonchev–Trinajstić information content (AvgIpc) is 2.80. The summed E-state index contributed by atoms with van der Waals surface area (Å²) in [6, 6.07) is 0. The van der Waals surface area contributed by atoms with Crippen molar-refractivity contribution in [2.45, 2.75) is 25.1 Å². The second-order valence-electron chi connectivity index (χ2n) is 3.37. The number of allylic oxidation sites excluding steroid dienone is 1. The smallest absolute Gasteiger partial charge is 0.392 e. The minimum absolute atomic E-state index is 0.0182. The Bertz CT molecular complexity index is 266. The van der Waals surface area contributed by atoms with Crippen molar-refractivity contribution in [3.8, 4) is 0 Å². The molecule has 1 rings (SSSR count). The van der Waals surface area contributed by atoms with E-state index >= 15 is 0 Å². The lowest BCUT2D eigenvalue weighted by Crippen LogP contribution is -2.28. The van der Waals surface area contributed by atoms with Crippen LogP contribution in [-0.4, -0.2) is 31.0 Å². The van der Waals surface area contributed by atoms with Crippen LogP contribution in [-0.2, 0) is 14.3 Å². The number of ether oxygens (including phenoxy) is 2. The first-order chi connectivity index (χ1) is 6.87. The van der Waals surface area contributed by atoms with Crippen LogP contribution in [0.1, 0.15) is 13.3 Å². The Kier molecular flexibility index (Phi) is 3.38. The van der Waals surface area contributed by atoms with Gasteiger partial charge in [0.15, 0.2) is 0 Å². The first kappa shape index (κ1) is 12.0. The summed E-state index contributed by atoms with van der Waals surface area (Å²) in [5, 5.41) is 0. The quantitative estimate of drug-likeness (QED) is 0.415. The fraction of sp³-hybridized carbons (Fsp3) is 0.667. The van der Waals surface area contributed by atoms with E-state index in [1.54, 1.807) is 6.92 Å². The summed E-state index contributed by atoms with van der Waals surface area (Å²) in [7, 11) is 0. The summed E-state index contributed by atoms with van der Waals surface area (Å²) in [6.07, 6.45) is -2.79. The highest BCUT2D eigenvalue weighted by Gasteiger charge is 2.53. The molecule has 1 heterocycles. The molecule has 0 aromatic rings. The Hall–Kier alpha value is -1.04. The number of carbonyl (C=O) groups is 1. The van der Waals surface area contributed by atoms with Crippen LogP contribution in [0.15, 0.2) is 12.2 Å². The van der Waals surface area contributed by atoms with Crippen LogP contribution >= 0.6 is 0 Å². The van der Waals surface area contributed by atoms with Crippen molar-refractivity contribution >= 4 is 5.97 Å². The third kappa shape index (κ3) is 4.33. The molecule has 0 bridgehead atoms. The molecule has 0 aliphatic carbocycles. The van der Waals surface area contributed by atoms with Crippen molar-refractivity contribution < 1.29 is 27.4 Å². The molecule has 0 spiro atoms. The third-order valence-corrected chi connectivity index (χ3v) is 1.86. The standard InChI is InChI=1S/C9H11F3O3/c1-2-3-7(13)14-5-8(6-15-8)4-9(10,11)12/h2-3H,4-6H2,1H3. The van der Waals surface area contributed by atoms with E-state index in [4.69, 9.17) is 0 Å². The summed E-state index contributed by atoms with van der Waals surface area (Å²) in [6.45, 7) is 1.24. The molecule has 0 radical (unpaired) electrons. The SMILES string of the molecule is CC=CC(=O)OCC1(CC(F)(F)F)CO1. The molecule has 1 unspecified atom stereocenters. The van der Waals surface area contributed by atoms with Gasteiger partial charge in [-0.15, -0.1) is 0 Å². The Labute approximate surface area is 84.8 Å². The van der Waals surface area contributed by atoms with Crippen LogP contribution in [0, 0.1) is 0 Å². The molecule has 1 aliphatic heterocycles. The van der Waals surface area contributed by atoms with Gasteiger partial charge >= 0.3 is 12.1 Å². The highest BCUT2D eigenvalue weighted by atomic mass is 19.4. The first-order valence-corrected chi connectivity index (χ1v) is 4.37. The zero-order chi connectivity index (χ0) is 11.5. The van der Waals surface area contributed by atoms with Gasteiger partial charge in [0.2, 0.25) is 0 Å². The van der Waals surface area contributed by atoms with E-state index in [-0.39, 0.29) is 13.2 Å². The molecular formula is C9H11F3O3. The van der Waals surface area contributed by atoms with Crippen LogP contribution < -0.4 is 0 Å². The van der Waals surface area contributed by atoms with Gasteiger partial charge in [-0.2, -0.15) is 13.2 Å². The molecule has 1 aliphatic rings. The lowest BCUT2D eigenvalue weighted by atomic mass is 10.1. The molecule has 0 amide bonds. The molecule has 0 N–H and O–H groups in total. The Morgan fingerprint density at radius 3 is 2.60 bits per heavy atom. The van der Waals surface area contributed by atoms with E-state index in [0.717, 1.165) is 6.08 Å². The van der Waals surface area contributed by atoms with E-state index in [0.29, 0.717) is 0 Å². The number of carbonyl (C=O) groups excluding carboxylic acids is 1. The molecule has 1 fully saturated rings. The first-order valence-electron chi connectivity index (χ1n) is 4.37. The predicted octanol–water partition coefficient (Wildman–Crippen LogP) is 1.83. The molecule has 0 aromatic heterocycles. The van der Waals surface area contributed by atoms with Crippen molar-refractivity contribution in [2.75, 3.05) is 13.2 Å². The van der Waals surface area contributed by atoms with Crippen LogP contribution in [0.4, 0.5) is 13.2 Å². The van der Waals surface area contributed by atoms with Crippen molar-refractivity contribution in [2.24, 2.45) is 0 Å². The van der Waals surface area contributed by atoms with Gasteiger partial charge in [0.25, 0.3) is 0 Å². The van der Waals surface area contributed by atoms with Crippen LogP contribution in [0.3, 0.4) is 0 Å². The molecular weight excluding hydrogens is 213 g/mol. The Morgan fingerprint density at radius 2 is 2.20 bits per heavy atom. The van der Waals surface area contributed by atoms with E-state index in [1.807, 2.05) is 0 Å². The highest BCUT2D eigenvalue weighted by molar-refractivity contribution is 5.81. The second kappa shape index (κ2) is 4.22. The molecule has 1 atom stereocenters. The topological polar surface area (TPSA) is 38.8 Å². The summed E-state index contributed by atoms with van der Waals surface area (Å²) >= 11 is 0. The Balaban J connectivity index is 2.35. The summed E-state index contributed by atoms with van der Waals surface area (Å²) in [5.74, 6) is -0.658. The molecule has 6 heteroatoms. The van der Waals surface area contributed by atoms with Gasteiger partial charge in [-0.05, 0) is 6.92 Å². The minimum atomic E-state index is -4.30. The van der Waals surface area contributed by atoms with Gasteiger partial charge in [-0.1, -0.05) is 6.08 Å². The van der Waals surface area contributed by atoms with Crippen molar-refractivity contribution in [1.82, 2.24) is 0 Å². The number of hydrogen-bond acceptors (Lipinski definition) is 3. The largest absolute Gasteiger partial charge is 0.459 e. The summed E-state index contributed by atoms with van der Waals surface area (Å²) in [5.41, 5.74) is -1.34. The number of rotatable bonds is 4. The van der Waals surface area contributed by atoms with E-state index in [2.05, 4.69) is 9.47 Å².